The lowest BCUT2D eigenvalue weighted by Crippen LogP contribution is -2.15. The van der Waals surface area contributed by atoms with E-state index in [4.69, 9.17) is 9.47 Å². The number of anilines is 2. The lowest BCUT2D eigenvalue weighted by Gasteiger charge is -2.12. The van der Waals surface area contributed by atoms with E-state index in [-0.39, 0.29) is 17.5 Å². The Hall–Kier alpha value is -3.39. The Bertz CT molecular complexity index is 1060. The molecule has 7 nitrogen and oxygen atoms in total. The van der Waals surface area contributed by atoms with E-state index in [1.165, 1.54) is 25.6 Å². The highest BCUT2D eigenvalue weighted by atomic mass is 32.1. The molecule has 0 aliphatic heterocycles. The van der Waals surface area contributed by atoms with Crippen LogP contribution in [0.1, 0.15) is 37.5 Å². The molecule has 0 bridgehead atoms. The number of carbonyl (C=O) groups excluding carboxylic acids is 2. The zero-order chi connectivity index (χ0) is 21.8. The lowest BCUT2D eigenvalue weighted by atomic mass is 10.1. The van der Waals surface area contributed by atoms with Gasteiger partial charge in [0.2, 0.25) is 0 Å². The Balaban J connectivity index is 1.74. The number of hydrogen-bond donors (Lipinski definition) is 2. The topological polar surface area (TPSA) is 89.6 Å². The van der Waals surface area contributed by atoms with Gasteiger partial charge >= 0.3 is 0 Å². The maximum atomic E-state index is 12.6. The smallest absolute Gasteiger partial charge is 0.275 e. The summed E-state index contributed by atoms with van der Waals surface area (Å²) >= 11 is 1.18. The van der Waals surface area contributed by atoms with Crippen LogP contribution in [-0.4, -0.2) is 31.0 Å². The quantitative estimate of drug-likeness (QED) is 0.603. The van der Waals surface area contributed by atoms with E-state index >= 15 is 0 Å². The predicted octanol–water partition coefficient (Wildman–Crippen LogP) is 4.59. The summed E-state index contributed by atoms with van der Waals surface area (Å²) in [5.41, 5.74) is 4.47. The van der Waals surface area contributed by atoms with Crippen molar-refractivity contribution >= 4 is 34.0 Å². The average Bonchev–Trinajstić information content (AvgIpc) is 3.18. The van der Waals surface area contributed by atoms with Crippen LogP contribution in [0.25, 0.3) is 0 Å². The van der Waals surface area contributed by atoms with Crippen LogP contribution >= 0.6 is 11.3 Å². The second-order valence-electron chi connectivity index (χ2n) is 6.82. The molecule has 0 saturated heterocycles. The highest BCUT2D eigenvalue weighted by Gasteiger charge is 2.16. The van der Waals surface area contributed by atoms with Gasteiger partial charge in [-0.25, -0.2) is 4.98 Å². The van der Waals surface area contributed by atoms with Crippen LogP contribution in [0.15, 0.2) is 35.7 Å². The van der Waals surface area contributed by atoms with Gasteiger partial charge in [-0.2, -0.15) is 0 Å². The summed E-state index contributed by atoms with van der Waals surface area (Å²) in [6.45, 7) is 5.91. The van der Waals surface area contributed by atoms with Crippen molar-refractivity contribution in [3.63, 3.8) is 0 Å². The van der Waals surface area contributed by atoms with Gasteiger partial charge in [0.25, 0.3) is 11.8 Å². The fourth-order valence-electron chi connectivity index (χ4n) is 3.10. The maximum Gasteiger partial charge on any atom is 0.275 e. The SMILES string of the molecule is COc1cc(OC)cc(C(=O)Nc2nc(C(=O)Nc3c(C)cc(C)cc3C)cs2)c1. The molecule has 0 unspecified atom stereocenters. The third-order valence-corrected chi connectivity index (χ3v) is 5.24. The number of ether oxygens (including phenoxy) is 2. The summed E-state index contributed by atoms with van der Waals surface area (Å²) in [5, 5.41) is 7.55. The number of aryl methyl sites for hydroxylation is 3. The summed E-state index contributed by atoms with van der Waals surface area (Å²) in [6, 6.07) is 8.90. The monoisotopic (exact) mass is 425 g/mol. The van der Waals surface area contributed by atoms with Crippen molar-refractivity contribution in [1.82, 2.24) is 4.98 Å². The molecular formula is C22H23N3O4S. The van der Waals surface area contributed by atoms with Crippen molar-refractivity contribution in [3.8, 4) is 11.5 Å². The summed E-state index contributed by atoms with van der Waals surface area (Å²) in [7, 11) is 3.03. The van der Waals surface area contributed by atoms with Crippen LogP contribution in [-0.2, 0) is 0 Å². The van der Waals surface area contributed by atoms with Crippen LogP contribution < -0.4 is 20.1 Å². The predicted molar refractivity (Wildman–Crippen MR) is 118 cm³/mol. The van der Waals surface area contributed by atoms with E-state index in [9.17, 15) is 9.59 Å². The number of rotatable bonds is 6. The normalized spacial score (nSPS) is 10.4. The number of methoxy groups -OCH3 is 2. The van der Waals surface area contributed by atoms with Crippen LogP contribution in [0.3, 0.4) is 0 Å². The van der Waals surface area contributed by atoms with Crippen molar-refractivity contribution < 1.29 is 19.1 Å². The summed E-state index contributed by atoms with van der Waals surface area (Å²) in [5.74, 6) is 0.300. The van der Waals surface area contributed by atoms with E-state index < -0.39 is 0 Å². The van der Waals surface area contributed by atoms with Crippen LogP contribution in [0.5, 0.6) is 11.5 Å². The van der Waals surface area contributed by atoms with Crippen molar-refractivity contribution in [2.24, 2.45) is 0 Å². The van der Waals surface area contributed by atoms with Crippen molar-refractivity contribution in [3.05, 3.63) is 63.7 Å². The van der Waals surface area contributed by atoms with Gasteiger partial charge < -0.3 is 14.8 Å². The highest BCUT2D eigenvalue weighted by Crippen LogP contribution is 2.25. The fraction of sp³-hybridized carbons (Fsp3) is 0.227. The van der Waals surface area contributed by atoms with Crippen molar-refractivity contribution in [1.29, 1.82) is 0 Å². The number of aromatic nitrogens is 1. The summed E-state index contributed by atoms with van der Waals surface area (Å²) < 4.78 is 10.4. The second-order valence-corrected chi connectivity index (χ2v) is 7.68. The van der Waals surface area contributed by atoms with Gasteiger partial charge in [-0.1, -0.05) is 17.7 Å². The van der Waals surface area contributed by atoms with Gasteiger partial charge in [-0.3, -0.25) is 14.9 Å². The molecule has 2 amide bonds. The number of hydrogen-bond acceptors (Lipinski definition) is 6. The molecule has 1 aromatic heterocycles. The minimum atomic E-state index is -0.376. The molecule has 1 heterocycles. The number of amides is 2. The zero-order valence-corrected chi connectivity index (χ0v) is 18.3. The zero-order valence-electron chi connectivity index (χ0n) is 17.5. The molecule has 2 N–H and O–H groups in total. The fourth-order valence-corrected chi connectivity index (χ4v) is 3.78. The first-order valence-electron chi connectivity index (χ1n) is 9.20. The largest absolute Gasteiger partial charge is 0.497 e. The molecule has 0 spiro atoms. The van der Waals surface area contributed by atoms with Crippen molar-refractivity contribution in [2.75, 3.05) is 24.9 Å². The number of thiazole rings is 1. The number of nitrogens with one attached hydrogen (secondary N) is 2. The van der Waals surface area contributed by atoms with E-state index in [1.807, 2.05) is 32.9 Å². The standard InChI is InChI=1S/C22H23N3O4S/c1-12-6-13(2)19(14(3)7-12)24-21(27)18-11-30-22(23-18)25-20(26)15-8-16(28-4)10-17(9-15)29-5/h6-11H,1-5H3,(H,24,27)(H,23,25,26). The first kappa shape index (κ1) is 21.3. The highest BCUT2D eigenvalue weighted by molar-refractivity contribution is 7.14. The average molecular weight is 426 g/mol. The molecular weight excluding hydrogens is 402 g/mol. The molecule has 0 fully saturated rings. The Morgan fingerprint density at radius 3 is 2.03 bits per heavy atom. The third-order valence-electron chi connectivity index (χ3n) is 4.49. The molecule has 8 heteroatoms. The molecule has 3 rings (SSSR count). The van der Waals surface area contributed by atoms with Gasteiger partial charge in [-0.05, 0) is 44.0 Å². The van der Waals surface area contributed by atoms with Gasteiger partial charge in [0.05, 0.1) is 14.2 Å². The van der Waals surface area contributed by atoms with Gasteiger partial charge in [0.15, 0.2) is 5.13 Å². The summed E-state index contributed by atoms with van der Waals surface area (Å²) in [4.78, 5) is 29.5. The van der Waals surface area contributed by atoms with E-state index in [1.54, 1.807) is 23.6 Å². The van der Waals surface area contributed by atoms with E-state index in [0.29, 0.717) is 22.2 Å². The Labute approximate surface area is 179 Å². The lowest BCUT2D eigenvalue weighted by molar-refractivity contribution is 0.101. The molecule has 0 aliphatic rings. The Kier molecular flexibility index (Phi) is 6.37. The second kappa shape index (κ2) is 8.96. The first-order chi connectivity index (χ1) is 14.3. The van der Waals surface area contributed by atoms with Crippen LogP contribution in [0.4, 0.5) is 10.8 Å². The van der Waals surface area contributed by atoms with Crippen LogP contribution in [0, 0.1) is 20.8 Å². The van der Waals surface area contributed by atoms with Gasteiger partial charge in [-0.15, -0.1) is 11.3 Å². The molecule has 0 saturated carbocycles. The molecule has 156 valence electrons. The van der Waals surface area contributed by atoms with E-state index in [2.05, 4.69) is 15.6 Å². The molecule has 0 aliphatic carbocycles. The molecule has 3 aromatic rings. The van der Waals surface area contributed by atoms with E-state index in [0.717, 1.165) is 22.4 Å². The molecule has 2 aromatic carbocycles. The molecule has 30 heavy (non-hydrogen) atoms. The van der Waals surface area contributed by atoms with Gasteiger partial charge in [0, 0.05) is 22.7 Å². The van der Waals surface area contributed by atoms with Crippen molar-refractivity contribution in [2.45, 2.75) is 20.8 Å². The van der Waals surface area contributed by atoms with Crippen LogP contribution in [0.2, 0.25) is 0 Å². The number of benzene rings is 2. The minimum Gasteiger partial charge on any atom is -0.497 e. The Morgan fingerprint density at radius 2 is 1.47 bits per heavy atom. The summed E-state index contributed by atoms with van der Waals surface area (Å²) in [6.07, 6.45) is 0. The minimum absolute atomic E-state index is 0.234. The third kappa shape index (κ3) is 4.77. The molecule has 0 radical (unpaired) electrons. The first-order valence-corrected chi connectivity index (χ1v) is 10.1. The number of nitrogens with zero attached hydrogens (tertiary/aromatic N) is 1. The Morgan fingerprint density at radius 1 is 0.867 bits per heavy atom. The number of carbonyl (C=O) groups is 2. The molecule has 0 atom stereocenters. The maximum absolute atomic E-state index is 12.6. The van der Waals surface area contributed by atoms with Gasteiger partial charge in [0.1, 0.15) is 17.2 Å².